The number of halogens is 1. The first-order valence-electron chi connectivity index (χ1n) is 12.9. The van der Waals surface area contributed by atoms with Crippen molar-refractivity contribution >= 4 is 23.5 Å². The van der Waals surface area contributed by atoms with Crippen molar-refractivity contribution < 1.29 is 28.3 Å². The van der Waals surface area contributed by atoms with Gasteiger partial charge in [-0.15, -0.1) is 0 Å². The molecule has 2 aliphatic heterocycles. The molecule has 0 radical (unpaired) electrons. The van der Waals surface area contributed by atoms with Gasteiger partial charge in [0, 0.05) is 35.3 Å². The fraction of sp³-hybridized carbons (Fsp3) is 0.345. The van der Waals surface area contributed by atoms with Crippen LogP contribution in [-0.4, -0.2) is 65.0 Å². The van der Waals surface area contributed by atoms with Gasteiger partial charge in [-0.3, -0.25) is 0 Å². The lowest BCUT2D eigenvalue weighted by Crippen LogP contribution is -2.34. The summed E-state index contributed by atoms with van der Waals surface area (Å²) in [5.41, 5.74) is 4.01. The van der Waals surface area contributed by atoms with Crippen LogP contribution in [0, 0.1) is 5.82 Å². The summed E-state index contributed by atoms with van der Waals surface area (Å²) in [7, 11) is -2.32. The molecule has 198 valence electrons. The molecule has 2 aromatic heterocycles. The zero-order valence-electron chi connectivity index (χ0n) is 21.3. The van der Waals surface area contributed by atoms with Crippen LogP contribution in [-0.2, 0) is 14.0 Å². The normalized spacial score (nSPS) is 23.2. The zero-order valence-corrected chi connectivity index (χ0v) is 22.2. The van der Waals surface area contributed by atoms with Crippen molar-refractivity contribution in [2.24, 2.45) is 0 Å². The lowest BCUT2D eigenvalue weighted by atomic mass is 10.0. The van der Waals surface area contributed by atoms with E-state index in [4.69, 9.17) is 14.2 Å². The third-order valence-corrected chi connectivity index (χ3v) is 10.9. The summed E-state index contributed by atoms with van der Waals surface area (Å²) in [5, 5.41) is 10.8. The minimum Gasteiger partial charge on any atom is -0.470 e. The number of benzene rings is 2. The Morgan fingerprint density at radius 1 is 0.974 bits per heavy atom. The smallest absolute Gasteiger partial charge is 0.193 e. The number of nitrogens with one attached hydrogen (secondary N) is 1. The van der Waals surface area contributed by atoms with Crippen molar-refractivity contribution in [3.05, 3.63) is 66.5 Å². The first-order valence-corrected chi connectivity index (χ1v) is 15.0. The van der Waals surface area contributed by atoms with Crippen LogP contribution in [0.3, 0.4) is 0 Å². The van der Waals surface area contributed by atoms with Crippen molar-refractivity contribution in [3.8, 4) is 28.3 Å². The number of ether oxygens (including phenoxy) is 3. The molecule has 6 rings (SSSR count). The summed E-state index contributed by atoms with van der Waals surface area (Å²) in [5.74, 6) is 0.00202. The van der Waals surface area contributed by atoms with Crippen molar-refractivity contribution in [1.82, 2.24) is 9.97 Å². The summed E-state index contributed by atoms with van der Waals surface area (Å²) in [4.78, 5) is 7.63. The van der Waals surface area contributed by atoms with E-state index in [1.54, 1.807) is 6.07 Å². The average molecular weight is 537 g/mol. The van der Waals surface area contributed by atoms with E-state index in [0.717, 1.165) is 16.4 Å². The topological polar surface area (TPSA) is 93.7 Å². The Hall–Kier alpha value is -3.03. The molecule has 0 aliphatic carbocycles. The molecule has 0 saturated carbocycles. The number of aliphatic hydroxyl groups excluding tert-OH is 1. The van der Waals surface area contributed by atoms with Crippen molar-refractivity contribution in [2.75, 3.05) is 25.5 Å². The second-order valence-electron chi connectivity index (χ2n) is 9.85. The minimum atomic E-state index is -2.32. The number of hydrogen-bond acceptors (Lipinski definition) is 6. The summed E-state index contributed by atoms with van der Waals surface area (Å²) in [6, 6.07) is 18.6. The summed E-state index contributed by atoms with van der Waals surface area (Å²) in [6.07, 6.45) is -0.433. The summed E-state index contributed by atoms with van der Waals surface area (Å²) in [6.45, 7) is 4.47. The molecule has 0 spiro atoms. The molecule has 2 fully saturated rings. The maximum atomic E-state index is 15.1. The summed E-state index contributed by atoms with van der Waals surface area (Å²) >= 11 is 0. The highest BCUT2D eigenvalue weighted by Gasteiger charge is 2.48. The molecular formula is C29H30FN2O5P. The zero-order chi connectivity index (χ0) is 26.4. The fourth-order valence-corrected chi connectivity index (χ4v) is 7.19. The predicted octanol–water partition coefficient (Wildman–Crippen LogP) is 4.97. The van der Waals surface area contributed by atoms with Crippen molar-refractivity contribution in [2.45, 2.75) is 38.3 Å². The van der Waals surface area contributed by atoms with Gasteiger partial charge >= 0.3 is 0 Å². The lowest BCUT2D eigenvalue weighted by molar-refractivity contribution is 0.00794. The number of aromatic amines is 1. The first kappa shape index (κ1) is 25.3. The molecule has 2 aromatic carbocycles. The van der Waals surface area contributed by atoms with Crippen molar-refractivity contribution in [3.63, 3.8) is 0 Å². The van der Waals surface area contributed by atoms with Gasteiger partial charge in [-0.25, -0.2) is 9.37 Å². The average Bonchev–Trinajstić information content (AvgIpc) is 3.64. The van der Waals surface area contributed by atoms with E-state index in [1.807, 2.05) is 62.4 Å². The van der Waals surface area contributed by atoms with Crippen LogP contribution in [0.5, 0.6) is 5.88 Å². The minimum absolute atomic E-state index is 0.224. The molecule has 2 aliphatic rings. The van der Waals surface area contributed by atoms with Gasteiger partial charge in [0.05, 0.1) is 24.2 Å². The Bertz CT molecular complexity index is 1500. The van der Waals surface area contributed by atoms with Gasteiger partial charge in [-0.1, -0.05) is 62.4 Å². The molecule has 38 heavy (non-hydrogen) atoms. The lowest BCUT2D eigenvalue weighted by Gasteiger charge is -2.16. The highest BCUT2D eigenvalue weighted by atomic mass is 31.2. The van der Waals surface area contributed by atoms with Gasteiger partial charge in [-0.05, 0) is 11.1 Å². The van der Waals surface area contributed by atoms with Gasteiger partial charge in [0.2, 0.25) is 0 Å². The van der Waals surface area contributed by atoms with Crippen LogP contribution < -0.4 is 10.0 Å². The molecule has 0 unspecified atom stereocenters. The number of aliphatic hydroxyl groups is 1. The van der Waals surface area contributed by atoms with Crippen LogP contribution in [0.4, 0.5) is 4.39 Å². The van der Waals surface area contributed by atoms with E-state index in [-0.39, 0.29) is 30.6 Å². The molecule has 2 saturated heterocycles. The molecule has 4 atom stereocenters. The maximum absolute atomic E-state index is 15.1. The second kappa shape index (κ2) is 9.93. The highest BCUT2D eigenvalue weighted by molar-refractivity contribution is 7.71. The number of H-pyrrole nitrogens is 1. The van der Waals surface area contributed by atoms with Crippen LogP contribution in [0.15, 0.2) is 60.7 Å². The summed E-state index contributed by atoms with van der Waals surface area (Å²) < 4.78 is 45.3. The fourth-order valence-electron chi connectivity index (χ4n) is 5.32. The van der Waals surface area contributed by atoms with Crippen LogP contribution in [0.1, 0.15) is 13.8 Å². The first-order chi connectivity index (χ1) is 18.4. The standard InChI is InChI=1S/C29H30FN2O5P/c1-3-38(34,4-2)20-11-9-18(10-12-20)17-5-7-19(8-6-17)27-21(30)13-22-23(32-27)14-26(31-22)37-25-16-36-28-24(33)15-35-29(25)28/h5-14,24-25,28-29,31,33H,3-4,15-16H2,1-2H3/t24-,25-,28-,29-/m1/s1. The Kier molecular flexibility index (Phi) is 6.60. The number of fused-ring (bicyclic) bond motifs is 2. The molecular weight excluding hydrogens is 506 g/mol. The Morgan fingerprint density at radius 3 is 2.29 bits per heavy atom. The third-order valence-electron chi connectivity index (χ3n) is 7.64. The molecule has 9 heteroatoms. The highest BCUT2D eigenvalue weighted by Crippen LogP contribution is 2.43. The van der Waals surface area contributed by atoms with Gasteiger partial charge in [0.1, 0.15) is 31.1 Å². The molecule has 7 nitrogen and oxygen atoms in total. The van der Waals surface area contributed by atoms with E-state index in [1.165, 1.54) is 6.07 Å². The number of nitrogens with zero attached hydrogens (tertiary/aromatic N) is 1. The SMILES string of the molecule is CCP(=O)(CC)c1ccc(-c2ccc(-c3nc4cc(O[C@@H]5CO[C@H]6[C@@H]5OC[C@H]6O)[nH]c4cc3F)cc2)cc1. The van der Waals surface area contributed by atoms with Crippen molar-refractivity contribution in [1.29, 1.82) is 0 Å². The monoisotopic (exact) mass is 536 g/mol. The van der Waals surface area contributed by atoms with Gasteiger partial charge < -0.3 is 28.9 Å². The molecule has 0 bridgehead atoms. The number of pyridine rings is 1. The van der Waals surface area contributed by atoms with Crippen LogP contribution in [0.2, 0.25) is 0 Å². The molecule has 4 heterocycles. The van der Waals surface area contributed by atoms with Gasteiger partial charge in [0.25, 0.3) is 0 Å². The number of aromatic nitrogens is 2. The number of hydrogen-bond donors (Lipinski definition) is 2. The second-order valence-corrected chi connectivity index (χ2v) is 13.4. The van der Waals surface area contributed by atoms with Gasteiger partial charge in [-0.2, -0.15) is 0 Å². The van der Waals surface area contributed by atoms with E-state index >= 15 is 4.39 Å². The maximum Gasteiger partial charge on any atom is 0.193 e. The van der Waals surface area contributed by atoms with E-state index < -0.39 is 19.1 Å². The molecule has 2 N–H and O–H groups in total. The Balaban J connectivity index is 1.21. The van der Waals surface area contributed by atoms with E-state index in [2.05, 4.69) is 9.97 Å². The van der Waals surface area contributed by atoms with E-state index in [9.17, 15) is 9.67 Å². The van der Waals surface area contributed by atoms with Gasteiger partial charge in [0.15, 0.2) is 17.8 Å². The molecule has 4 aromatic rings. The third kappa shape index (κ3) is 4.46. The predicted molar refractivity (Wildman–Crippen MR) is 145 cm³/mol. The van der Waals surface area contributed by atoms with Crippen LogP contribution in [0.25, 0.3) is 33.4 Å². The number of rotatable bonds is 7. The Morgan fingerprint density at radius 2 is 1.61 bits per heavy atom. The Labute approximate surface area is 220 Å². The van der Waals surface area contributed by atoms with Crippen LogP contribution >= 0.6 is 7.14 Å². The van der Waals surface area contributed by atoms with E-state index in [0.29, 0.717) is 41.4 Å². The quantitative estimate of drug-likeness (QED) is 0.324. The largest absolute Gasteiger partial charge is 0.470 e. The molecule has 0 amide bonds.